The van der Waals surface area contributed by atoms with Crippen molar-refractivity contribution in [1.82, 2.24) is 14.5 Å². The molecule has 1 aromatic heterocycles. The van der Waals surface area contributed by atoms with Crippen LogP contribution in [-0.4, -0.2) is 39.2 Å². The summed E-state index contributed by atoms with van der Waals surface area (Å²) in [7, 11) is 0. The summed E-state index contributed by atoms with van der Waals surface area (Å²) in [6.45, 7) is 6.03. The van der Waals surface area contributed by atoms with Gasteiger partial charge in [0.2, 0.25) is 5.91 Å². The zero-order valence-electron chi connectivity index (χ0n) is 18.2. The second kappa shape index (κ2) is 9.69. The molecule has 0 saturated carbocycles. The Balaban J connectivity index is 1.69. The zero-order valence-corrected chi connectivity index (χ0v) is 19.0. The van der Waals surface area contributed by atoms with E-state index in [1.54, 1.807) is 4.57 Å². The molecule has 1 aliphatic heterocycles. The van der Waals surface area contributed by atoms with Gasteiger partial charge in [-0.3, -0.25) is 14.2 Å². The number of carbonyl (C=O) groups excluding carboxylic acids is 1. The number of aromatic nitrogens is 2. The van der Waals surface area contributed by atoms with E-state index >= 15 is 0 Å². The van der Waals surface area contributed by atoms with Gasteiger partial charge < -0.3 is 4.90 Å². The van der Waals surface area contributed by atoms with Gasteiger partial charge in [-0.05, 0) is 61.4 Å². The minimum Gasteiger partial charge on any atom is -0.342 e. The van der Waals surface area contributed by atoms with Crippen molar-refractivity contribution in [3.63, 3.8) is 0 Å². The van der Waals surface area contributed by atoms with E-state index in [9.17, 15) is 9.59 Å². The van der Waals surface area contributed by atoms with Crippen molar-refractivity contribution < 1.29 is 4.79 Å². The molecule has 4 rings (SSSR count). The highest BCUT2D eigenvalue weighted by Crippen LogP contribution is 2.24. The van der Waals surface area contributed by atoms with Crippen molar-refractivity contribution >= 4 is 28.6 Å². The topological polar surface area (TPSA) is 55.2 Å². The Bertz CT molecular complexity index is 1120. The number of hydrogen-bond acceptors (Lipinski definition) is 4. The number of rotatable bonds is 6. The van der Waals surface area contributed by atoms with Crippen LogP contribution in [0.15, 0.2) is 58.5 Å². The van der Waals surface area contributed by atoms with E-state index in [1.807, 2.05) is 41.3 Å². The number of carbonyl (C=O) groups is 1. The number of fused-ring (bicyclic) bond motifs is 1. The predicted octanol–water partition coefficient (Wildman–Crippen LogP) is 5.00. The van der Waals surface area contributed by atoms with E-state index < -0.39 is 0 Å². The SMILES string of the molecule is CCC(C)c1ccc(-n2c(SCC(=O)N3CCCCC3)nc3ccccc3c2=O)cc1. The normalized spacial score (nSPS) is 15.2. The molecule has 0 spiro atoms. The minimum absolute atomic E-state index is 0.102. The molecule has 31 heavy (non-hydrogen) atoms. The summed E-state index contributed by atoms with van der Waals surface area (Å²) in [6.07, 6.45) is 4.39. The van der Waals surface area contributed by atoms with Crippen molar-refractivity contribution in [2.75, 3.05) is 18.8 Å². The van der Waals surface area contributed by atoms with Gasteiger partial charge in [0, 0.05) is 13.1 Å². The van der Waals surface area contributed by atoms with Gasteiger partial charge in [-0.2, -0.15) is 0 Å². The molecule has 3 aromatic rings. The molecule has 0 N–H and O–H groups in total. The lowest BCUT2D eigenvalue weighted by Gasteiger charge is -2.26. The van der Waals surface area contributed by atoms with Crippen LogP contribution in [0.3, 0.4) is 0 Å². The number of para-hydroxylation sites is 1. The van der Waals surface area contributed by atoms with Crippen LogP contribution in [0.1, 0.15) is 51.0 Å². The summed E-state index contributed by atoms with van der Waals surface area (Å²) < 4.78 is 1.65. The maximum Gasteiger partial charge on any atom is 0.266 e. The predicted molar refractivity (Wildman–Crippen MR) is 127 cm³/mol. The Morgan fingerprint density at radius 2 is 1.77 bits per heavy atom. The third-order valence-electron chi connectivity index (χ3n) is 6.11. The van der Waals surface area contributed by atoms with Crippen molar-refractivity contribution in [3.05, 3.63) is 64.4 Å². The van der Waals surface area contributed by atoms with Crippen molar-refractivity contribution in [3.8, 4) is 5.69 Å². The first-order valence-electron chi connectivity index (χ1n) is 11.1. The van der Waals surface area contributed by atoms with Crippen molar-refractivity contribution in [1.29, 1.82) is 0 Å². The van der Waals surface area contributed by atoms with Crippen LogP contribution in [0.25, 0.3) is 16.6 Å². The fraction of sp³-hybridized carbons (Fsp3) is 0.400. The molecular formula is C25H29N3O2S. The van der Waals surface area contributed by atoms with Crippen LogP contribution >= 0.6 is 11.8 Å². The second-order valence-electron chi connectivity index (χ2n) is 8.18. The van der Waals surface area contributed by atoms with Gasteiger partial charge in [0.15, 0.2) is 5.16 Å². The molecule has 1 saturated heterocycles. The lowest BCUT2D eigenvalue weighted by molar-refractivity contribution is -0.129. The molecule has 0 radical (unpaired) electrons. The van der Waals surface area contributed by atoms with E-state index in [0.717, 1.165) is 38.0 Å². The number of piperidine rings is 1. The number of hydrogen-bond donors (Lipinski definition) is 0. The Hall–Kier alpha value is -2.60. The highest BCUT2D eigenvalue weighted by molar-refractivity contribution is 7.99. The molecule has 162 valence electrons. The van der Waals surface area contributed by atoms with Crippen molar-refractivity contribution in [2.45, 2.75) is 50.6 Å². The molecule has 1 aliphatic rings. The number of amides is 1. The molecule has 0 bridgehead atoms. The largest absolute Gasteiger partial charge is 0.342 e. The fourth-order valence-electron chi connectivity index (χ4n) is 3.99. The zero-order chi connectivity index (χ0) is 21.8. The van der Waals surface area contributed by atoms with E-state index in [1.165, 1.54) is 23.7 Å². The van der Waals surface area contributed by atoms with E-state index in [-0.39, 0.29) is 17.2 Å². The Labute approximate surface area is 187 Å². The summed E-state index contributed by atoms with van der Waals surface area (Å²) in [5.74, 6) is 0.873. The number of nitrogens with zero attached hydrogens (tertiary/aromatic N) is 3. The Morgan fingerprint density at radius 3 is 2.48 bits per heavy atom. The van der Waals surface area contributed by atoms with Gasteiger partial charge >= 0.3 is 0 Å². The van der Waals surface area contributed by atoms with Crippen LogP contribution in [0.5, 0.6) is 0 Å². The molecule has 1 amide bonds. The molecular weight excluding hydrogens is 406 g/mol. The summed E-state index contributed by atoms with van der Waals surface area (Å²) in [4.78, 5) is 32.8. The molecule has 0 aliphatic carbocycles. The van der Waals surface area contributed by atoms with Gasteiger partial charge in [0.1, 0.15) is 0 Å². The molecule has 1 unspecified atom stereocenters. The molecule has 6 heteroatoms. The van der Waals surface area contributed by atoms with Crippen LogP contribution in [-0.2, 0) is 4.79 Å². The molecule has 5 nitrogen and oxygen atoms in total. The van der Waals surface area contributed by atoms with Crippen molar-refractivity contribution in [2.24, 2.45) is 0 Å². The summed E-state index contributed by atoms with van der Waals surface area (Å²) in [5.41, 5.74) is 2.59. The van der Waals surface area contributed by atoms with Crippen LogP contribution in [0, 0.1) is 0 Å². The monoisotopic (exact) mass is 435 g/mol. The first kappa shape index (κ1) is 21.6. The van der Waals surface area contributed by atoms with E-state index in [0.29, 0.717) is 22.0 Å². The maximum absolute atomic E-state index is 13.4. The number of likely N-dealkylation sites (tertiary alicyclic amines) is 1. The first-order chi connectivity index (χ1) is 15.1. The molecule has 1 atom stereocenters. The first-order valence-corrected chi connectivity index (χ1v) is 12.1. The number of benzene rings is 2. The van der Waals surface area contributed by atoms with E-state index in [4.69, 9.17) is 4.98 Å². The van der Waals surface area contributed by atoms with Crippen LogP contribution in [0.2, 0.25) is 0 Å². The summed E-state index contributed by atoms with van der Waals surface area (Å²) >= 11 is 1.35. The lowest BCUT2D eigenvalue weighted by atomic mass is 9.98. The minimum atomic E-state index is -0.102. The average Bonchev–Trinajstić information content (AvgIpc) is 2.83. The highest BCUT2D eigenvalue weighted by Gasteiger charge is 2.19. The molecule has 1 fully saturated rings. The average molecular weight is 436 g/mol. The molecule has 2 aromatic carbocycles. The Kier molecular flexibility index (Phi) is 6.76. The summed E-state index contributed by atoms with van der Waals surface area (Å²) in [5, 5.41) is 1.14. The number of thioether (sulfide) groups is 1. The highest BCUT2D eigenvalue weighted by atomic mass is 32.2. The third-order valence-corrected chi connectivity index (χ3v) is 7.03. The maximum atomic E-state index is 13.4. The van der Waals surface area contributed by atoms with Gasteiger partial charge in [-0.25, -0.2) is 4.98 Å². The van der Waals surface area contributed by atoms with Gasteiger partial charge in [-0.15, -0.1) is 0 Å². The van der Waals surface area contributed by atoms with Crippen LogP contribution in [0.4, 0.5) is 0 Å². The van der Waals surface area contributed by atoms with Gasteiger partial charge in [-0.1, -0.05) is 49.9 Å². The van der Waals surface area contributed by atoms with E-state index in [2.05, 4.69) is 26.0 Å². The third kappa shape index (κ3) is 4.69. The van der Waals surface area contributed by atoms with Gasteiger partial charge in [0.25, 0.3) is 5.56 Å². The van der Waals surface area contributed by atoms with Gasteiger partial charge in [0.05, 0.1) is 22.3 Å². The quantitative estimate of drug-likeness (QED) is 0.404. The lowest BCUT2D eigenvalue weighted by Crippen LogP contribution is -2.36. The Morgan fingerprint density at radius 1 is 1.06 bits per heavy atom. The van der Waals surface area contributed by atoms with Crippen LogP contribution < -0.4 is 5.56 Å². The second-order valence-corrected chi connectivity index (χ2v) is 9.13. The summed E-state index contributed by atoms with van der Waals surface area (Å²) in [6, 6.07) is 15.5. The smallest absolute Gasteiger partial charge is 0.266 e. The fourth-order valence-corrected chi connectivity index (χ4v) is 4.90. The standard InChI is InChI=1S/C25H29N3O2S/c1-3-18(2)19-11-13-20(14-12-19)28-24(30)21-9-5-6-10-22(21)26-25(28)31-17-23(29)27-15-7-4-8-16-27/h5-6,9-14,18H,3-4,7-8,15-17H2,1-2H3. The molecule has 2 heterocycles.